The summed E-state index contributed by atoms with van der Waals surface area (Å²) >= 11 is 0. The van der Waals surface area contributed by atoms with Crippen molar-refractivity contribution in [1.82, 2.24) is 4.90 Å². The summed E-state index contributed by atoms with van der Waals surface area (Å²) in [6.45, 7) is 4.66. The van der Waals surface area contributed by atoms with Gasteiger partial charge < -0.3 is 19.9 Å². The number of rotatable bonds is 3. The second kappa shape index (κ2) is 7.19. The first-order chi connectivity index (χ1) is 11.1. The molecule has 0 bridgehead atoms. The zero-order chi connectivity index (χ0) is 16.2. The first kappa shape index (κ1) is 16.1. The molecule has 1 atom stereocenters. The Morgan fingerprint density at radius 3 is 2.70 bits per heavy atom. The summed E-state index contributed by atoms with van der Waals surface area (Å²) in [6.07, 6.45) is 2.07. The maximum atomic E-state index is 12.4. The van der Waals surface area contributed by atoms with E-state index in [0.717, 1.165) is 38.1 Å². The van der Waals surface area contributed by atoms with Gasteiger partial charge in [0.25, 0.3) is 0 Å². The molecule has 2 aliphatic heterocycles. The average Bonchev–Trinajstić information content (AvgIpc) is 2.79. The summed E-state index contributed by atoms with van der Waals surface area (Å²) in [6, 6.07) is 5.25. The number of carbonyl (C=O) groups excluding carboxylic acids is 1. The van der Waals surface area contributed by atoms with Crippen molar-refractivity contribution in [3.63, 3.8) is 0 Å². The summed E-state index contributed by atoms with van der Waals surface area (Å²) in [5.41, 5.74) is 0.711. The van der Waals surface area contributed by atoms with E-state index in [1.807, 2.05) is 25.1 Å². The molecule has 1 aromatic rings. The van der Waals surface area contributed by atoms with Gasteiger partial charge in [-0.25, -0.2) is 0 Å². The minimum absolute atomic E-state index is 0.0455. The number of ether oxygens (including phenoxy) is 2. The second-order valence-corrected chi connectivity index (χ2v) is 6.14. The second-order valence-electron chi connectivity index (χ2n) is 6.14. The standard InChI is InChI=1S/C17H24N2O4/c1-12(19-7-5-14(20)6-8-19)17(21)18-13-3-4-15-16(11-13)23-10-2-9-22-15/h3-4,11-12,14,20H,2,5-10H2,1H3,(H,18,21)/t12-/m1/s1. The van der Waals surface area contributed by atoms with Crippen molar-refractivity contribution < 1.29 is 19.4 Å². The van der Waals surface area contributed by atoms with Crippen LogP contribution in [0.5, 0.6) is 11.5 Å². The fourth-order valence-electron chi connectivity index (χ4n) is 2.93. The predicted molar refractivity (Wildman–Crippen MR) is 87.0 cm³/mol. The molecule has 1 fully saturated rings. The number of aliphatic hydroxyl groups excluding tert-OH is 1. The van der Waals surface area contributed by atoms with Crippen LogP contribution in [0.3, 0.4) is 0 Å². The number of piperidine rings is 1. The molecule has 3 rings (SSSR count). The van der Waals surface area contributed by atoms with Crippen LogP contribution in [0.15, 0.2) is 18.2 Å². The van der Waals surface area contributed by atoms with Gasteiger partial charge in [0.05, 0.1) is 25.4 Å². The fourth-order valence-corrected chi connectivity index (χ4v) is 2.93. The Hall–Kier alpha value is -1.79. The number of hydrogen-bond donors (Lipinski definition) is 2. The Morgan fingerprint density at radius 2 is 1.96 bits per heavy atom. The summed E-state index contributed by atoms with van der Waals surface area (Å²) in [7, 11) is 0. The third-order valence-corrected chi connectivity index (χ3v) is 4.44. The lowest BCUT2D eigenvalue weighted by Crippen LogP contribution is -2.47. The van der Waals surface area contributed by atoms with Gasteiger partial charge in [-0.05, 0) is 31.9 Å². The SMILES string of the molecule is C[C@H](C(=O)Nc1ccc2c(c1)OCCCO2)N1CCC(O)CC1. The number of amides is 1. The minimum atomic E-state index is -0.233. The predicted octanol–water partition coefficient (Wildman–Crippen LogP) is 1.63. The zero-order valence-corrected chi connectivity index (χ0v) is 13.5. The molecular formula is C17H24N2O4. The molecule has 0 spiro atoms. The first-order valence-corrected chi connectivity index (χ1v) is 8.26. The van der Waals surface area contributed by atoms with Gasteiger partial charge in [-0.1, -0.05) is 0 Å². The van der Waals surface area contributed by atoms with E-state index in [1.165, 1.54) is 0 Å². The van der Waals surface area contributed by atoms with E-state index in [9.17, 15) is 9.90 Å². The molecule has 0 unspecified atom stereocenters. The number of anilines is 1. The smallest absolute Gasteiger partial charge is 0.241 e. The van der Waals surface area contributed by atoms with Gasteiger partial charge in [-0.2, -0.15) is 0 Å². The van der Waals surface area contributed by atoms with Crippen molar-refractivity contribution in [2.45, 2.75) is 38.3 Å². The highest BCUT2D eigenvalue weighted by molar-refractivity contribution is 5.94. The van der Waals surface area contributed by atoms with Gasteiger partial charge in [0.1, 0.15) is 0 Å². The maximum Gasteiger partial charge on any atom is 0.241 e. The Morgan fingerprint density at radius 1 is 1.26 bits per heavy atom. The summed E-state index contributed by atoms with van der Waals surface area (Å²) < 4.78 is 11.2. The van der Waals surface area contributed by atoms with E-state index >= 15 is 0 Å². The highest BCUT2D eigenvalue weighted by atomic mass is 16.5. The van der Waals surface area contributed by atoms with Gasteiger partial charge in [-0.3, -0.25) is 9.69 Å². The molecule has 0 radical (unpaired) electrons. The summed E-state index contributed by atoms with van der Waals surface area (Å²) in [5, 5.41) is 12.5. The molecule has 2 heterocycles. The highest BCUT2D eigenvalue weighted by Crippen LogP contribution is 2.32. The van der Waals surface area contributed by atoms with Crippen LogP contribution < -0.4 is 14.8 Å². The zero-order valence-electron chi connectivity index (χ0n) is 13.5. The summed E-state index contributed by atoms with van der Waals surface area (Å²) in [5.74, 6) is 1.35. The van der Waals surface area contributed by atoms with Gasteiger partial charge in [-0.15, -0.1) is 0 Å². The number of nitrogens with zero attached hydrogens (tertiary/aromatic N) is 1. The van der Waals surface area contributed by atoms with Crippen molar-refractivity contribution in [2.75, 3.05) is 31.6 Å². The molecule has 6 nitrogen and oxygen atoms in total. The number of carbonyl (C=O) groups is 1. The molecule has 126 valence electrons. The summed E-state index contributed by atoms with van der Waals surface area (Å²) in [4.78, 5) is 14.5. The Bertz CT molecular complexity index is 556. The number of aliphatic hydroxyl groups is 1. The third kappa shape index (κ3) is 3.95. The van der Waals surface area contributed by atoms with Crippen molar-refractivity contribution in [3.8, 4) is 11.5 Å². The van der Waals surface area contributed by atoms with E-state index < -0.39 is 0 Å². The molecule has 23 heavy (non-hydrogen) atoms. The van der Waals surface area contributed by atoms with Crippen LogP contribution in [0.2, 0.25) is 0 Å². The van der Waals surface area contributed by atoms with Gasteiger partial charge in [0.2, 0.25) is 5.91 Å². The molecule has 0 saturated carbocycles. The van der Waals surface area contributed by atoms with Crippen LogP contribution in [0, 0.1) is 0 Å². The molecule has 2 aliphatic rings. The van der Waals surface area contributed by atoms with Gasteiger partial charge in [0.15, 0.2) is 11.5 Å². The number of hydrogen-bond acceptors (Lipinski definition) is 5. The maximum absolute atomic E-state index is 12.4. The highest BCUT2D eigenvalue weighted by Gasteiger charge is 2.26. The molecule has 0 aromatic heterocycles. The number of nitrogens with one attached hydrogen (secondary N) is 1. The average molecular weight is 320 g/mol. The van der Waals surface area contributed by atoms with Crippen LogP contribution in [-0.4, -0.2) is 54.4 Å². The quantitative estimate of drug-likeness (QED) is 0.886. The molecule has 0 aliphatic carbocycles. The van der Waals surface area contributed by atoms with Crippen molar-refractivity contribution >= 4 is 11.6 Å². The lowest BCUT2D eigenvalue weighted by molar-refractivity contribution is -0.121. The van der Waals surface area contributed by atoms with Crippen LogP contribution >= 0.6 is 0 Å². The normalized spacial score (nSPS) is 20.6. The fraction of sp³-hybridized carbons (Fsp3) is 0.588. The number of likely N-dealkylation sites (tertiary alicyclic amines) is 1. The largest absolute Gasteiger partial charge is 0.490 e. The number of benzene rings is 1. The Balaban J connectivity index is 1.62. The molecule has 2 N–H and O–H groups in total. The van der Waals surface area contributed by atoms with Crippen molar-refractivity contribution in [3.05, 3.63) is 18.2 Å². The van der Waals surface area contributed by atoms with E-state index in [-0.39, 0.29) is 18.1 Å². The third-order valence-electron chi connectivity index (χ3n) is 4.44. The molecule has 1 saturated heterocycles. The Kier molecular flexibility index (Phi) is 5.03. The minimum Gasteiger partial charge on any atom is -0.490 e. The molecule has 1 amide bonds. The Labute approximate surface area is 136 Å². The first-order valence-electron chi connectivity index (χ1n) is 8.26. The van der Waals surface area contributed by atoms with Crippen molar-refractivity contribution in [1.29, 1.82) is 0 Å². The van der Waals surface area contributed by atoms with Crippen molar-refractivity contribution in [2.24, 2.45) is 0 Å². The van der Waals surface area contributed by atoms with Gasteiger partial charge >= 0.3 is 0 Å². The monoisotopic (exact) mass is 320 g/mol. The van der Waals surface area contributed by atoms with E-state index in [0.29, 0.717) is 24.7 Å². The van der Waals surface area contributed by atoms with E-state index in [2.05, 4.69) is 10.2 Å². The molecular weight excluding hydrogens is 296 g/mol. The van der Waals surface area contributed by atoms with Crippen LogP contribution in [0.1, 0.15) is 26.2 Å². The van der Waals surface area contributed by atoms with Crippen LogP contribution in [0.4, 0.5) is 5.69 Å². The number of fused-ring (bicyclic) bond motifs is 1. The molecule has 1 aromatic carbocycles. The van der Waals surface area contributed by atoms with E-state index in [4.69, 9.17) is 9.47 Å². The van der Waals surface area contributed by atoms with Crippen LogP contribution in [0.25, 0.3) is 0 Å². The topological polar surface area (TPSA) is 71.0 Å². The molecule has 6 heteroatoms. The van der Waals surface area contributed by atoms with E-state index in [1.54, 1.807) is 0 Å². The lowest BCUT2D eigenvalue weighted by Gasteiger charge is -2.33. The lowest BCUT2D eigenvalue weighted by atomic mass is 10.1. The van der Waals surface area contributed by atoms with Crippen LogP contribution in [-0.2, 0) is 4.79 Å². The van der Waals surface area contributed by atoms with Gasteiger partial charge in [0, 0.05) is 31.3 Å².